The second-order valence-electron chi connectivity index (χ2n) is 6.38. The van der Waals surface area contributed by atoms with Crippen molar-refractivity contribution < 1.29 is 9.53 Å². The van der Waals surface area contributed by atoms with Crippen LogP contribution in [0.3, 0.4) is 0 Å². The van der Waals surface area contributed by atoms with Crippen molar-refractivity contribution in [3.63, 3.8) is 0 Å². The summed E-state index contributed by atoms with van der Waals surface area (Å²) < 4.78 is 6.60. The van der Waals surface area contributed by atoms with Crippen molar-refractivity contribution in [3.8, 4) is 5.75 Å². The number of carbonyl (C=O) groups is 1. The lowest BCUT2D eigenvalue weighted by Gasteiger charge is -2.20. The van der Waals surface area contributed by atoms with Crippen molar-refractivity contribution in [1.29, 1.82) is 0 Å². The first-order chi connectivity index (χ1) is 12.2. The zero-order valence-electron chi connectivity index (χ0n) is 14.3. The third-order valence-corrected chi connectivity index (χ3v) is 5.55. The van der Waals surface area contributed by atoms with Crippen LogP contribution >= 0.6 is 11.3 Å². The standard InChI is InChI=1S/C20H20N2O2S/c1-3-24-15-10-8-14(9-11-15)22(19(23)16-12-13(16)2)20-21-17-6-4-5-7-18(17)25-20/h4-11,13,16H,3,12H2,1-2H3/t13-,16+/m0/s1. The lowest BCUT2D eigenvalue weighted by atomic mass is 10.2. The smallest absolute Gasteiger partial charge is 0.236 e. The molecule has 1 aromatic heterocycles. The monoisotopic (exact) mass is 352 g/mol. The Hall–Kier alpha value is -2.40. The van der Waals surface area contributed by atoms with Crippen LogP contribution in [-0.4, -0.2) is 17.5 Å². The van der Waals surface area contributed by atoms with E-state index in [4.69, 9.17) is 9.72 Å². The molecule has 0 N–H and O–H groups in total. The Kier molecular flexibility index (Phi) is 4.17. The molecule has 3 aromatic rings. The zero-order chi connectivity index (χ0) is 17.4. The Morgan fingerprint density at radius 3 is 2.60 bits per heavy atom. The van der Waals surface area contributed by atoms with E-state index in [0.29, 0.717) is 12.5 Å². The molecule has 25 heavy (non-hydrogen) atoms. The SMILES string of the molecule is CCOc1ccc(N(C(=O)[C@@H]2C[C@@H]2C)c2nc3ccccc3s2)cc1. The van der Waals surface area contributed by atoms with E-state index in [1.54, 1.807) is 16.2 Å². The van der Waals surface area contributed by atoms with E-state index < -0.39 is 0 Å². The highest BCUT2D eigenvalue weighted by Crippen LogP contribution is 2.43. The minimum Gasteiger partial charge on any atom is -0.494 e. The van der Waals surface area contributed by atoms with Gasteiger partial charge in [-0.05, 0) is 55.7 Å². The number of aromatic nitrogens is 1. The quantitative estimate of drug-likeness (QED) is 0.648. The molecule has 5 heteroatoms. The van der Waals surface area contributed by atoms with Crippen LogP contribution in [0.4, 0.5) is 10.8 Å². The topological polar surface area (TPSA) is 42.4 Å². The molecule has 0 saturated heterocycles. The van der Waals surface area contributed by atoms with Crippen molar-refractivity contribution >= 4 is 38.3 Å². The largest absolute Gasteiger partial charge is 0.494 e. The Bertz CT molecular complexity index is 870. The van der Waals surface area contributed by atoms with Gasteiger partial charge in [-0.3, -0.25) is 9.69 Å². The summed E-state index contributed by atoms with van der Waals surface area (Å²) in [6.07, 6.45) is 0.956. The van der Waals surface area contributed by atoms with E-state index in [0.717, 1.165) is 33.2 Å². The Labute approximate surface area is 151 Å². The third-order valence-electron chi connectivity index (χ3n) is 4.53. The molecule has 0 aliphatic heterocycles. The zero-order valence-corrected chi connectivity index (χ0v) is 15.1. The second kappa shape index (κ2) is 6.48. The van der Waals surface area contributed by atoms with Gasteiger partial charge in [0.2, 0.25) is 5.91 Å². The number of anilines is 2. The summed E-state index contributed by atoms with van der Waals surface area (Å²) >= 11 is 1.55. The highest BCUT2D eigenvalue weighted by molar-refractivity contribution is 7.22. The summed E-state index contributed by atoms with van der Waals surface area (Å²) in [5.41, 5.74) is 1.77. The molecule has 0 radical (unpaired) electrons. The number of nitrogens with zero attached hydrogens (tertiary/aromatic N) is 2. The maximum Gasteiger partial charge on any atom is 0.236 e. The molecule has 1 amide bonds. The van der Waals surface area contributed by atoms with E-state index in [2.05, 4.69) is 6.92 Å². The number of rotatable bonds is 5. The fraction of sp³-hybridized carbons (Fsp3) is 0.300. The van der Waals surface area contributed by atoms with Crippen LogP contribution in [0.25, 0.3) is 10.2 Å². The number of hydrogen-bond acceptors (Lipinski definition) is 4. The van der Waals surface area contributed by atoms with Gasteiger partial charge in [-0.15, -0.1) is 0 Å². The lowest BCUT2D eigenvalue weighted by Crippen LogP contribution is -2.27. The molecular formula is C20H20N2O2S. The highest BCUT2D eigenvalue weighted by Gasteiger charge is 2.43. The molecule has 1 saturated carbocycles. The Balaban J connectivity index is 1.74. The van der Waals surface area contributed by atoms with Crippen LogP contribution in [0, 0.1) is 11.8 Å². The number of thiazole rings is 1. The number of para-hydroxylation sites is 1. The molecule has 1 aliphatic carbocycles. The van der Waals surface area contributed by atoms with Crippen molar-refractivity contribution in [2.75, 3.05) is 11.5 Å². The predicted octanol–water partition coefficient (Wildman–Crippen LogP) is 5.02. The molecule has 4 nitrogen and oxygen atoms in total. The van der Waals surface area contributed by atoms with Crippen LogP contribution in [-0.2, 0) is 4.79 Å². The molecule has 2 aromatic carbocycles. The molecule has 0 unspecified atom stereocenters. The fourth-order valence-corrected chi connectivity index (χ4v) is 3.97. The summed E-state index contributed by atoms with van der Waals surface area (Å²) in [6.45, 7) is 4.70. The van der Waals surface area contributed by atoms with Crippen LogP contribution in [0.15, 0.2) is 48.5 Å². The molecule has 0 bridgehead atoms. The first kappa shape index (κ1) is 16.1. The fourth-order valence-electron chi connectivity index (χ4n) is 2.98. The van der Waals surface area contributed by atoms with Gasteiger partial charge in [-0.25, -0.2) is 4.98 Å². The van der Waals surface area contributed by atoms with E-state index >= 15 is 0 Å². The summed E-state index contributed by atoms with van der Waals surface area (Å²) in [6, 6.07) is 15.7. The number of amides is 1. The minimum absolute atomic E-state index is 0.0959. The van der Waals surface area contributed by atoms with Gasteiger partial charge in [0.1, 0.15) is 5.75 Å². The number of fused-ring (bicyclic) bond motifs is 1. The number of carbonyl (C=O) groups excluding carboxylic acids is 1. The molecular weight excluding hydrogens is 332 g/mol. The summed E-state index contributed by atoms with van der Waals surface area (Å²) in [4.78, 5) is 19.5. The van der Waals surface area contributed by atoms with Crippen LogP contribution < -0.4 is 9.64 Å². The van der Waals surface area contributed by atoms with Gasteiger partial charge in [0.15, 0.2) is 5.13 Å². The molecule has 1 fully saturated rings. The van der Waals surface area contributed by atoms with E-state index in [1.165, 1.54) is 0 Å². The van der Waals surface area contributed by atoms with Crippen molar-refractivity contribution in [1.82, 2.24) is 4.98 Å². The molecule has 0 spiro atoms. The predicted molar refractivity (Wildman–Crippen MR) is 102 cm³/mol. The van der Waals surface area contributed by atoms with Crippen LogP contribution in [0.1, 0.15) is 20.3 Å². The van der Waals surface area contributed by atoms with E-state index in [9.17, 15) is 4.79 Å². The molecule has 1 heterocycles. The molecule has 4 rings (SSSR count). The molecule has 1 aliphatic rings. The van der Waals surface area contributed by atoms with Crippen LogP contribution in [0.5, 0.6) is 5.75 Å². The summed E-state index contributed by atoms with van der Waals surface area (Å²) in [5.74, 6) is 1.49. The average Bonchev–Trinajstić information content (AvgIpc) is 3.20. The van der Waals surface area contributed by atoms with Gasteiger partial charge in [0.05, 0.1) is 22.5 Å². The highest BCUT2D eigenvalue weighted by atomic mass is 32.1. The Morgan fingerprint density at radius 2 is 1.96 bits per heavy atom. The van der Waals surface area contributed by atoms with Gasteiger partial charge in [-0.1, -0.05) is 30.4 Å². The van der Waals surface area contributed by atoms with Gasteiger partial charge < -0.3 is 4.74 Å². The number of benzene rings is 2. The van der Waals surface area contributed by atoms with Crippen molar-refractivity contribution in [2.24, 2.45) is 11.8 Å². The first-order valence-electron chi connectivity index (χ1n) is 8.59. The van der Waals surface area contributed by atoms with Gasteiger partial charge in [0, 0.05) is 5.92 Å². The lowest BCUT2D eigenvalue weighted by molar-refractivity contribution is -0.119. The first-order valence-corrected chi connectivity index (χ1v) is 9.41. The maximum absolute atomic E-state index is 13.1. The molecule has 128 valence electrons. The Morgan fingerprint density at radius 1 is 1.24 bits per heavy atom. The summed E-state index contributed by atoms with van der Waals surface area (Å²) in [5, 5.41) is 0.731. The van der Waals surface area contributed by atoms with Gasteiger partial charge in [0.25, 0.3) is 0 Å². The van der Waals surface area contributed by atoms with Crippen LogP contribution in [0.2, 0.25) is 0 Å². The average molecular weight is 352 g/mol. The second-order valence-corrected chi connectivity index (χ2v) is 7.39. The van der Waals surface area contributed by atoms with Crippen molar-refractivity contribution in [3.05, 3.63) is 48.5 Å². The number of ether oxygens (including phenoxy) is 1. The van der Waals surface area contributed by atoms with Crippen molar-refractivity contribution in [2.45, 2.75) is 20.3 Å². The van der Waals surface area contributed by atoms with E-state index in [1.807, 2.05) is 55.5 Å². The summed E-state index contributed by atoms with van der Waals surface area (Å²) in [7, 11) is 0. The van der Waals surface area contributed by atoms with Gasteiger partial charge >= 0.3 is 0 Å². The third kappa shape index (κ3) is 3.12. The minimum atomic E-state index is 0.0959. The number of hydrogen-bond donors (Lipinski definition) is 0. The van der Waals surface area contributed by atoms with E-state index in [-0.39, 0.29) is 11.8 Å². The van der Waals surface area contributed by atoms with Gasteiger partial charge in [-0.2, -0.15) is 0 Å². The normalized spacial score (nSPS) is 19.0. The maximum atomic E-state index is 13.1. The molecule has 2 atom stereocenters.